The number of benzene rings is 3. The first-order chi connectivity index (χ1) is 22.0. The Morgan fingerprint density at radius 3 is 2.58 bits per heavy atom. The van der Waals surface area contributed by atoms with Gasteiger partial charge in [-0.1, -0.05) is 71.9 Å². The molecule has 0 saturated heterocycles. The summed E-state index contributed by atoms with van der Waals surface area (Å²) < 4.78 is 18.0. The van der Waals surface area contributed by atoms with Gasteiger partial charge < -0.3 is 24.6 Å². The number of nitrogens with zero attached hydrogens (tertiary/aromatic N) is 4. The highest BCUT2D eigenvalue weighted by Crippen LogP contribution is 2.44. The van der Waals surface area contributed by atoms with Gasteiger partial charge >= 0.3 is 0 Å². The highest BCUT2D eigenvalue weighted by Gasteiger charge is 2.53. The maximum Gasteiger partial charge on any atom is 0.252 e. The molecule has 0 saturated carbocycles. The van der Waals surface area contributed by atoms with Crippen LogP contribution in [0.4, 0.5) is 0 Å². The highest BCUT2D eigenvalue weighted by molar-refractivity contribution is 6.01. The molecule has 1 aliphatic heterocycles. The van der Waals surface area contributed by atoms with Gasteiger partial charge in [-0.15, -0.1) is 0 Å². The largest absolute Gasteiger partial charge is 0.494 e. The third kappa shape index (κ3) is 9.18. The number of aliphatic hydroxyl groups is 1. The highest BCUT2D eigenvalue weighted by atomic mass is 16.5. The molecule has 0 fully saturated rings. The first-order valence-corrected chi connectivity index (χ1v) is 15.3. The lowest BCUT2D eigenvalue weighted by atomic mass is 9.82. The minimum absolute atomic E-state index is 0.0545. The van der Waals surface area contributed by atoms with Crippen molar-refractivity contribution in [2.24, 2.45) is 10.1 Å². The molecule has 0 spiro atoms. The van der Waals surface area contributed by atoms with Crippen LogP contribution in [0.3, 0.4) is 0 Å². The molecule has 0 aromatic heterocycles. The summed E-state index contributed by atoms with van der Waals surface area (Å²) in [6, 6.07) is 24.7. The lowest BCUT2D eigenvalue weighted by Gasteiger charge is -2.31. The molecule has 0 bridgehead atoms. The van der Waals surface area contributed by atoms with Crippen LogP contribution in [0.2, 0.25) is 0 Å². The van der Waals surface area contributed by atoms with Crippen molar-refractivity contribution in [3.05, 3.63) is 118 Å². The fourth-order valence-corrected chi connectivity index (χ4v) is 5.02. The number of azide groups is 1. The van der Waals surface area contributed by atoms with E-state index in [4.69, 9.17) is 29.8 Å². The smallest absolute Gasteiger partial charge is 0.252 e. The normalized spacial score (nSPS) is 17.5. The minimum atomic E-state index is -1.36. The number of ether oxygens (including phenoxy) is 3. The number of hydrogen-bond donors (Lipinski definition) is 2. The van der Waals surface area contributed by atoms with Gasteiger partial charge in [0.05, 0.1) is 19.3 Å². The molecule has 0 radical (unpaired) electrons. The van der Waals surface area contributed by atoms with Crippen molar-refractivity contribution in [1.82, 2.24) is 5.32 Å². The Balaban J connectivity index is 1.74. The molecular formula is C35H41N5O5. The summed E-state index contributed by atoms with van der Waals surface area (Å²) in [7, 11) is 0. The van der Waals surface area contributed by atoms with E-state index in [0.717, 1.165) is 16.7 Å². The topological polar surface area (TPSA) is 138 Å². The molecule has 1 aliphatic rings. The van der Waals surface area contributed by atoms with Crippen LogP contribution in [-0.4, -0.2) is 54.9 Å². The molecule has 10 nitrogen and oxygen atoms in total. The second-order valence-corrected chi connectivity index (χ2v) is 10.9. The Labute approximate surface area is 264 Å². The van der Waals surface area contributed by atoms with Gasteiger partial charge in [0.2, 0.25) is 5.90 Å². The fourth-order valence-electron chi connectivity index (χ4n) is 5.02. The molecule has 0 unspecified atom stereocenters. The number of carbonyl (C=O) groups excluding carboxylic acids is 1. The molecule has 1 heterocycles. The lowest BCUT2D eigenvalue weighted by Crippen LogP contribution is -2.48. The molecule has 10 heteroatoms. The summed E-state index contributed by atoms with van der Waals surface area (Å²) in [5.74, 6) is 0.708. The van der Waals surface area contributed by atoms with Gasteiger partial charge in [-0.25, -0.2) is 4.99 Å². The van der Waals surface area contributed by atoms with Crippen molar-refractivity contribution >= 4 is 17.9 Å². The number of nitrogens with one attached hydrogen (secondary N) is 1. The van der Waals surface area contributed by atoms with Crippen molar-refractivity contribution in [1.29, 1.82) is 0 Å². The van der Waals surface area contributed by atoms with E-state index in [1.165, 1.54) is 0 Å². The van der Waals surface area contributed by atoms with E-state index in [-0.39, 0.29) is 31.6 Å². The van der Waals surface area contributed by atoms with Crippen molar-refractivity contribution in [2.45, 2.75) is 57.4 Å². The molecule has 1 amide bonds. The number of hydrogen-bond acceptors (Lipinski definition) is 7. The predicted molar refractivity (Wildman–Crippen MR) is 175 cm³/mol. The van der Waals surface area contributed by atoms with E-state index in [1.807, 2.05) is 105 Å². The first kappa shape index (κ1) is 33.3. The van der Waals surface area contributed by atoms with Crippen LogP contribution in [0.25, 0.3) is 16.5 Å². The number of aliphatic hydroxyl groups excluding tert-OH is 1. The van der Waals surface area contributed by atoms with Crippen LogP contribution >= 0.6 is 0 Å². The van der Waals surface area contributed by atoms with E-state index >= 15 is 0 Å². The van der Waals surface area contributed by atoms with Crippen molar-refractivity contribution < 1.29 is 24.1 Å². The molecule has 45 heavy (non-hydrogen) atoms. The molecule has 2 atom stereocenters. The number of aliphatic imine (C=N–C) groups is 1. The van der Waals surface area contributed by atoms with Gasteiger partial charge in [0, 0.05) is 43.1 Å². The summed E-state index contributed by atoms with van der Waals surface area (Å²) in [5, 5.41) is 16.0. The number of rotatable bonds is 17. The predicted octanol–water partition coefficient (Wildman–Crippen LogP) is 6.55. The van der Waals surface area contributed by atoms with E-state index in [2.05, 4.69) is 15.3 Å². The van der Waals surface area contributed by atoms with Gasteiger partial charge in [-0.2, -0.15) is 0 Å². The zero-order valence-corrected chi connectivity index (χ0v) is 25.8. The quantitative estimate of drug-likeness (QED) is 0.0772. The molecular weight excluding hydrogens is 570 g/mol. The van der Waals surface area contributed by atoms with E-state index in [9.17, 15) is 4.79 Å². The maximum absolute atomic E-state index is 14.3. The molecule has 2 N–H and O–H groups in total. The lowest BCUT2D eigenvalue weighted by molar-refractivity contribution is -0.128. The van der Waals surface area contributed by atoms with E-state index in [1.54, 1.807) is 0 Å². The zero-order chi connectivity index (χ0) is 31.9. The van der Waals surface area contributed by atoms with Crippen LogP contribution in [0, 0.1) is 0 Å². The van der Waals surface area contributed by atoms with E-state index < -0.39 is 11.6 Å². The Bertz CT molecular complexity index is 1490. The molecule has 4 rings (SSSR count). The maximum atomic E-state index is 14.3. The third-order valence-corrected chi connectivity index (χ3v) is 7.27. The third-order valence-electron chi connectivity index (χ3n) is 7.27. The standard InChI is InChI=1S/C35H41N5O5/c1-26(2)43-23-9-21-37-34(42)35(20-8-13-27-11-4-3-5-12-27)32(31-15-7-6-14-29(31)25-38-40-36)45-33(39-35)28-16-18-30(19-17-28)44-24-10-22-41/h3-8,11-19,26,32,41H,9-10,20-25H2,1-2H3,(H,37,42)/b13-8+/t32-,35-/m1/s1. The Morgan fingerprint density at radius 1 is 1.09 bits per heavy atom. The molecule has 236 valence electrons. The average molecular weight is 612 g/mol. The van der Waals surface area contributed by atoms with Gasteiger partial charge in [0.25, 0.3) is 5.91 Å². The summed E-state index contributed by atoms with van der Waals surface area (Å²) in [4.78, 5) is 22.3. The van der Waals surface area contributed by atoms with Gasteiger partial charge in [0.1, 0.15) is 5.75 Å². The van der Waals surface area contributed by atoms with Crippen LogP contribution < -0.4 is 10.1 Å². The summed E-state index contributed by atoms with van der Waals surface area (Å²) in [6.45, 7) is 5.44. The summed E-state index contributed by atoms with van der Waals surface area (Å²) in [5.41, 5.74) is 10.9. The minimum Gasteiger partial charge on any atom is -0.494 e. The van der Waals surface area contributed by atoms with Crippen LogP contribution in [0.15, 0.2) is 95.0 Å². The second-order valence-electron chi connectivity index (χ2n) is 10.9. The SMILES string of the molecule is CC(C)OCCCNC(=O)[C@]1(C/C=C/c2ccccc2)N=C(c2ccc(OCCCO)cc2)O[C@@H]1c1ccccc1CN=[N+]=[N-]. The van der Waals surface area contributed by atoms with Crippen molar-refractivity contribution in [3.8, 4) is 5.75 Å². The fraction of sp³-hybridized carbons (Fsp3) is 0.371. The Kier molecular flexibility index (Phi) is 12.6. The van der Waals surface area contributed by atoms with Crippen molar-refractivity contribution in [2.75, 3.05) is 26.4 Å². The average Bonchev–Trinajstić information content (AvgIpc) is 3.45. The first-order valence-electron chi connectivity index (χ1n) is 15.3. The molecule has 3 aromatic carbocycles. The Morgan fingerprint density at radius 2 is 1.84 bits per heavy atom. The molecule has 3 aromatic rings. The van der Waals surface area contributed by atoms with Crippen LogP contribution in [0.5, 0.6) is 5.75 Å². The van der Waals surface area contributed by atoms with Crippen LogP contribution in [-0.2, 0) is 20.8 Å². The summed E-state index contributed by atoms with van der Waals surface area (Å²) >= 11 is 0. The second kappa shape index (κ2) is 17.0. The van der Waals surface area contributed by atoms with Gasteiger partial charge in [-0.3, -0.25) is 4.79 Å². The van der Waals surface area contributed by atoms with Crippen molar-refractivity contribution in [3.63, 3.8) is 0 Å². The zero-order valence-electron chi connectivity index (χ0n) is 25.8. The Hall–Kier alpha value is -4.63. The number of amides is 1. The molecule has 0 aliphatic carbocycles. The van der Waals surface area contributed by atoms with Gasteiger partial charge in [-0.05, 0) is 66.8 Å². The van der Waals surface area contributed by atoms with Gasteiger partial charge in [0.15, 0.2) is 11.6 Å². The summed E-state index contributed by atoms with van der Waals surface area (Å²) in [6.07, 6.45) is 4.66. The number of carbonyl (C=O) groups is 1. The monoisotopic (exact) mass is 611 g/mol. The van der Waals surface area contributed by atoms with E-state index in [0.29, 0.717) is 49.8 Å². The van der Waals surface area contributed by atoms with Crippen LogP contribution in [0.1, 0.15) is 61.5 Å².